The van der Waals surface area contributed by atoms with Gasteiger partial charge in [0, 0.05) is 36.7 Å². The van der Waals surface area contributed by atoms with Crippen molar-refractivity contribution in [3.63, 3.8) is 0 Å². The van der Waals surface area contributed by atoms with Gasteiger partial charge >= 0.3 is 12.1 Å². The molecule has 6 atom stereocenters. The topological polar surface area (TPSA) is 135 Å². The minimum atomic E-state index is -0.898. The van der Waals surface area contributed by atoms with Crippen LogP contribution in [0.5, 0.6) is 0 Å². The van der Waals surface area contributed by atoms with Crippen LogP contribution in [0.3, 0.4) is 0 Å². The Morgan fingerprint density at radius 2 is 1.53 bits per heavy atom. The maximum Gasteiger partial charge on any atom is 0.412 e. The number of likely N-dealkylation sites (tertiary alicyclic amines) is 1. The zero-order valence-corrected chi connectivity index (χ0v) is 27.8. The number of likely N-dealkylation sites (N-methyl/N-ethyl adjacent to an activating group) is 1. The second kappa shape index (κ2) is 15.3. The van der Waals surface area contributed by atoms with Gasteiger partial charge in [0.1, 0.15) is 11.7 Å². The number of carbonyl (C=O) groups is 4. The lowest BCUT2D eigenvalue weighted by atomic mass is 9.79. The van der Waals surface area contributed by atoms with Crippen LogP contribution in [0.25, 0.3) is 0 Å². The first kappa shape index (κ1) is 34.4. The van der Waals surface area contributed by atoms with Gasteiger partial charge in [0.25, 0.3) is 0 Å². The van der Waals surface area contributed by atoms with Crippen LogP contribution in [0.4, 0.5) is 4.79 Å². The monoisotopic (exact) mass is 667 g/mol. The largest absolute Gasteiger partial charge is 0.434 e. The van der Waals surface area contributed by atoms with Gasteiger partial charge in [-0.2, -0.15) is 0 Å². The molecule has 0 spiro atoms. The van der Waals surface area contributed by atoms with Gasteiger partial charge in [0.05, 0.1) is 31.3 Å². The maximum absolute atomic E-state index is 13.5. The number of esters is 1. The third-order valence-electron chi connectivity index (χ3n) is 8.58. The zero-order chi connectivity index (χ0) is 33.7. The van der Waals surface area contributed by atoms with E-state index in [1.54, 1.807) is 21.0 Å². The van der Waals surface area contributed by atoms with Crippen molar-refractivity contribution in [3.8, 4) is 0 Å². The third-order valence-corrected chi connectivity index (χ3v) is 10.1. The molecule has 12 nitrogen and oxygen atoms in total. The van der Waals surface area contributed by atoms with Crippen molar-refractivity contribution in [1.82, 2.24) is 14.7 Å². The first-order valence-electron chi connectivity index (χ1n) is 15.6. The highest BCUT2D eigenvalue weighted by Gasteiger charge is 2.60. The Bertz CT molecular complexity index is 1470. The van der Waals surface area contributed by atoms with E-state index >= 15 is 0 Å². The van der Waals surface area contributed by atoms with Crippen molar-refractivity contribution >= 4 is 35.6 Å². The van der Waals surface area contributed by atoms with E-state index in [1.165, 1.54) is 26.5 Å². The van der Waals surface area contributed by atoms with Crippen LogP contribution in [-0.4, -0.2) is 101 Å². The van der Waals surface area contributed by atoms with E-state index in [0.717, 1.165) is 11.1 Å². The van der Waals surface area contributed by atoms with Gasteiger partial charge < -0.3 is 33.9 Å². The number of thioether (sulfide) groups is 1. The molecule has 2 saturated heterocycles. The Hall–Kier alpha value is -3.91. The van der Waals surface area contributed by atoms with Crippen molar-refractivity contribution in [1.29, 1.82) is 0 Å². The Kier molecular flexibility index (Phi) is 11.2. The number of fused-ring (bicyclic) bond motifs is 1. The SMILES string of the molecule is C[C@@H](O)[C@H]1C(=O)N2C(C(=O)OCOCc3ccccc3)=C(S[C@H]3C[C@@H](C(=O)N(C)C)N(C(=O)OCOCc4ccccc4)C3)[C@H](C)[C@H]12. The number of ether oxygens (including phenoxy) is 4. The Morgan fingerprint density at radius 3 is 2.09 bits per heavy atom. The van der Waals surface area contributed by atoms with Crippen molar-refractivity contribution in [3.05, 3.63) is 82.4 Å². The van der Waals surface area contributed by atoms with Crippen LogP contribution < -0.4 is 0 Å². The quantitative estimate of drug-likeness (QED) is 0.147. The second-order valence-electron chi connectivity index (χ2n) is 12.1. The molecule has 3 aliphatic rings. The molecule has 0 aliphatic carbocycles. The number of rotatable bonds is 13. The molecule has 2 fully saturated rings. The summed E-state index contributed by atoms with van der Waals surface area (Å²) in [7, 11) is 3.25. The molecule has 0 aromatic heterocycles. The molecule has 13 heteroatoms. The molecule has 252 valence electrons. The van der Waals surface area contributed by atoms with Gasteiger partial charge in [-0.05, 0) is 24.5 Å². The Balaban J connectivity index is 1.28. The molecule has 1 N–H and O–H groups in total. The third kappa shape index (κ3) is 7.64. The maximum atomic E-state index is 13.5. The lowest BCUT2D eigenvalue weighted by Crippen LogP contribution is -2.63. The van der Waals surface area contributed by atoms with E-state index in [9.17, 15) is 24.3 Å². The number of β-lactam (4-membered cyclic amide) rings is 1. The minimum Gasteiger partial charge on any atom is -0.434 e. The number of hydrogen-bond acceptors (Lipinski definition) is 10. The lowest BCUT2D eigenvalue weighted by molar-refractivity contribution is -0.168. The summed E-state index contributed by atoms with van der Waals surface area (Å²) < 4.78 is 21.9. The van der Waals surface area contributed by atoms with Gasteiger partial charge in [0.2, 0.25) is 11.8 Å². The highest BCUT2D eigenvalue weighted by atomic mass is 32.2. The van der Waals surface area contributed by atoms with E-state index < -0.39 is 36.2 Å². The van der Waals surface area contributed by atoms with E-state index in [4.69, 9.17) is 18.9 Å². The molecule has 5 rings (SSSR count). The molecule has 3 amide bonds. The van der Waals surface area contributed by atoms with Crippen molar-refractivity contribution < 1.29 is 43.2 Å². The van der Waals surface area contributed by atoms with E-state index in [0.29, 0.717) is 11.3 Å². The predicted octanol–water partition coefficient (Wildman–Crippen LogP) is 3.35. The molecule has 0 bridgehead atoms. The van der Waals surface area contributed by atoms with E-state index in [1.807, 2.05) is 67.6 Å². The fraction of sp³-hybridized carbons (Fsp3) is 0.471. The van der Waals surface area contributed by atoms with E-state index in [2.05, 4.69) is 0 Å². The van der Waals surface area contributed by atoms with Gasteiger partial charge in [0.15, 0.2) is 13.6 Å². The summed E-state index contributed by atoms with van der Waals surface area (Å²) in [5.41, 5.74) is 1.96. The Labute approximate surface area is 278 Å². The number of aliphatic hydroxyl groups is 1. The summed E-state index contributed by atoms with van der Waals surface area (Å²) in [5, 5.41) is 10.1. The first-order chi connectivity index (χ1) is 22.6. The molecule has 2 aromatic rings. The highest BCUT2D eigenvalue weighted by molar-refractivity contribution is 8.03. The van der Waals surface area contributed by atoms with Gasteiger partial charge in [-0.1, -0.05) is 67.6 Å². The molecule has 3 aliphatic heterocycles. The van der Waals surface area contributed by atoms with Crippen molar-refractivity contribution in [2.45, 2.75) is 56.9 Å². The molecular weight excluding hydrogens is 626 g/mol. The second-order valence-corrected chi connectivity index (χ2v) is 13.4. The van der Waals surface area contributed by atoms with Crippen LogP contribution in [0.2, 0.25) is 0 Å². The number of benzene rings is 2. The number of aliphatic hydroxyl groups excluding tert-OH is 1. The molecule has 3 heterocycles. The standard InChI is InChI=1S/C34H41N3O9S/c1-21-28-27(22(2)38)32(40)37(28)29(33(41)45-19-43-17-23-11-7-5-8-12-23)30(21)47-25-15-26(31(39)35(3)4)36(16-25)34(42)46-20-44-18-24-13-9-6-10-14-24/h5-14,21-22,25-28,38H,15-20H2,1-4H3/t21-,22-,25+,26+,27-,28-/m1/s1. The average molecular weight is 668 g/mol. The molecule has 0 saturated carbocycles. The summed E-state index contributed by atoms with van der Waals surface area (Å²) in [6.45, 7) is 3.55. The summed E-state index contributed by atoms with van der Waals surface area (Å²) in [6, 6.07) is 17.7. The molecular formula is C34H41N3O9S. The van der Waals surface area contributed by atoms with Crippen molar-refractivity contribution in [2.24, 2.45) is 11.8 Å². The highest BCUT2D eigenvalue weighted by Crippen LogP contribution is 2.52. The number of nitrogens with zero attached hydrogens (tertiary/aromatic N) is 3. The molecule has 0 unspecified atom stereocenters. The fourth-order valence-corrected chi connectivity index (χ4v) is 7.79. The molecule has 2 aromatic carbocycles. The summed E-state index contributed by atoms with van der Waals surface area (Å²) in [5.74, 6) is -2.27. The first-order valence-corrected chi connectivity index (χ1v) is 16.4. The van der Waals surface area contributed by atoms with Gasteiger partial charge in [-0.25, -0.2) is 9.59 Å². The number of carbonyl (C=O) groups excluding carboxylic acids is 4. The van der Waals surface area contributed by atoms with Gasteiger partial charge in [-0.15, -0.1) is 11.8 Å². The predicted molar refractivity (Wildman–Crippen MR) is 172 cm³/mol. The van der Waals surface area contributed by atoms with E-state index in [-0.39, 0.29) is 62.0 Å². The number of amides is 3. The van der Waals surface area contributed by atoms with Crippen molar-refractivity contribution in [2.75, 3.05) is 34.2 Å². The fourth-order valence-electron chi connectivity index (χ4n) is 6.27. The summed E-state index contributed by atoms with van der Waals surface area (Å²) >= 11 is 1.35. The zero-order valence-electron chi connectivity index (χ0n) is 26.9. The minimum absolute atomic E-state index is 0.114. The summed E-state index contributed by atoms with van der Waals surface area (Å²) in [4.78, 5) is 57.9. The van der Waals surface area contributed by atoms with Crippen LogP contribution in [0.1, 0.15) is 31.4 Å². The van der Waals surface area contributed by atoms with Gasteiger partial charge in [-0.3, -0.25) is 14.5 Å². The average Bonchev–Trinajstić information content (AvgIpc) is 3.58. The summed E-state index contributed by atoms with van der Waals surface area (Å²) in [6.07, 6.45) is -1.28. The smallest absolute Gasteiger partial charge is 0.412 e. The van der Waals surface area contributed by atoms with Crippen LogP contribution in [-0.2, 0) is 46.5 Å². The molecule has 0 radical (unpaired) electrons. The Morgan fingerprint density at radius 1 is 0.957 bits per heavy atom. The normalized spacial score (nSPS) is 24.1. The lowest BCUT2D eigenvalue weighted by Gasteiger charge is -2.46. The molecule has 47 heavy (non-hydrogen) atoms. The van der Waals surface area contributed by atoms with Crippen LogP contribution in [0, 0.1) is 11.8 Å². The van der Waals surface area contributed by atoms with Crippen LogP contribution >= 0.6 is 11.8 Å². The number of hydrogen-bond donors (Lipinski definition) is 1. The van der Waals surface area contributed by atoms with Crippen LogP contribution in [0.15, 0.2) is 71.3 Å².